The van der Waals surface area contributed by atoms with Crippen LogP contribution in [0.15, 0.2) is 21.3 Å². The van der Waals surface area contributed by atoms with E-state index in [0.29, 0.717) is 6.42 Å². The molecule has 0 fully saturated rings. The fourth-order valence-corrected chi connectivity index (χ4v) is 1.83. The Morgan fingerprint density at radius 1 is 1.53 bits per heavy atom. The number of hydrogen-bond donors (Lipinski definition) is 0. The van der Waals surface area contributed by atoms with Gasteiger partial charge in [-0.1, -0.05) is 0 Å². The molecule has 0 radical (unpaired) electrons. The number of nitrogens with zero attached hydrogens (tertiary/aromatic N) is 3. The van der Waals surface area contributed by atoms with Gasteiger partial charge in [-0.15, -0.1) is 0 Å². The summed E-state index contributed by atoms with van der Waals surface area (Å²) in [6.07, 6.45) is 4.86. The molecule has 2 heterocycles. The lowest BCUT2D eigenvalue weighted by Gasteiger charge is -2.18. The van der Waals surface area contributed by atoms with Gasteiger partial charge < -0.3 is 4.90 Å². The quantitative estimate of drug-likeness (QED) is 0.680. The number of allylic oxidation sites excluding steroid dienone is 1. The number of carbonyl (C=O) groups is 1. The molecule has 2 rings (SSSR count). The highest BCUT2D eigenvalue weighted by molar-refractivity contribution is 6.37. The van der Waals surface area contributed by atoms with Crippen LogP contribution in [0.2, 0.25) is 0 Å². The molecular weight excluding hydrogens is 190 g/mol. The SMILES string of the molecule is CN(C)CCC1N=CC(=O)C2=C1N=CC2. The second-order valence-corrected chi connectivity index (χ2v) is 4.13. The lowest BCUT2D eigenvalue weighted by Crippen LogP contribution is -2.24. The van der Waals surface area contributed by atoms with Gasteiger partial charge in [0.25, 0.3) is 0 Å². The van der Waals surface area contributed by atoms with Crippen LogP contribution in [-0.4, -0.2) is 49.8 Å². The summed E-state index contributed by atoms with van der Waals surface area (Å²) < 4.78 is 0. The third-order valence-electron chi connectivity index (χ3n) is 2.67. The van der Waals surface area contributed by atoms with Crippen molar-refractivity contribution in [2.24, 2.45) is 9.98 Å². The smallest absolute Gasteiger partial charge is 0.201 e. The maximum absolute atomic E-state index is 11.5. The van der Waals surface area contributed by atoms with E-state index in [2.05, 4.69) is 14.9 Å². The van der Waals surface area contributed by atoms with Gasteiger partial charge in [0, 0.05) is 18.2 Å². The van der Waals surface area contributed by atoms with E-state index in [1.807, 2.05) is 14.1 Å². The van der Waals surface area contributed by atoms with Gasteiger partial charge in [-0.3, -0.25) is 14.8 Å². The van der Waals surface area contributed by atoms with Gasteiger partial charge in [0.15, 0.2) is 0 Å². The maximum atomic E-state index is 11.5. The normalized spacial score (nSPS) is 24.2. The first-order valence-corrected chi connectivity index (χ1v) is 5.16. The summed E-state index contributed by atoms with van der Waals surface area (Å²) >= 11 is 0. The van der Waals surface area contributed by atoms with E-state index in [-0.39, 0.29) is 11.8 Å². The first kappa shape index (κ1) is 10.2. The van der Waals surface area contributed by atoms with Crippen LogP contribution in [0.4, 0.5) is 0 Å². The monoisotopic (exact) mass is 205 g/mol. The topological polar surface area (TPSA) is 45.0 Å². The van der Waals surface area contributed by atoms with E-state index in [1.54, 1.807) is 6.21 Å². The molecule has 0 bridgehead atoms. The second kappa shape index (κ2) is 4.06. The van der Waals surface area contributed by atoms with Gasteiger partial charge in [0.05, 0.1) is 18.0 Å². The number of ketones is 1. The molecule has 4 heteroatoms. The second-order valence-electron chi connectivity index (χ2n) is 4.13. The predicted octanol–water partition coefficient (Wildman–Crippen LogP) is 0.689. The molecule has 0 aromatic rings. The van der Waals surface area contributed by atoms with Gasteiger partial charge in [-0.05, 0) is 27.1 Å². The van der Waals surface area contributed by atoms with Crippen LogP contribution < -0.4 is 0 Å². The van der Waals surface area contributed by atoms with E-state index in [1.165, 1.54) is 6.21 Å². The Kier molecular flexibility index (Phi) is 2.77. The van der Waals surface area contributed by atoms with Crippen LogP contribution >= 0.6 is 0 Å². The van der Waals surface area contributed by atoms with Crippen molar-refractivity contribution in [3.63, 3.8) is 0 Å². The molecule has 0 saturated heterocycles. The average molecular weight is 205 g/mol. The molecule has 1 atom stereocenters. The van der Waals surface area contributed by atoms with Crippen LogP contribution in [0.3, 0.4) is 0 Å². The number of aliphatic imine (C=N–C) groups is 2. The zero-order chi connectivity index (χ0) is 10.8. The summed E-state index contributed by atoms with van der Waals surface area (Å²) in [7, 11) is 4.07. The highest BCUT2D eigenvalue weighted by Gasteiger charge is 2.27. The number of Topliss-reactive ketones (excluding diaryl/α,β-unsaturated/α-hetero) is 1. The lowest BCUT2D eigenvalue weighted by atomic mass is 9.99. The van der Waals surface area contributed by atoms with Crippen molar-refractivity contribution in [1.29, 1.82) is 0 Å². The molecule has 80 valence electrons. The van der Waals surface area contributed by atoms with Crippen LogP contribution in [0.25, 0.3) is 0 Å². The minimum absolute atomic E-state index is 0.0311. The number of carbonyl (C=O) groups excluding carboxylic acids is 1. The molecule has 0 aliphatic carbocycles. The van der Waals surface area contributed by atoms with Crippen molar-refractivity contribution < 1.29 is 4.79 Å². The van der Waals surface area contributed by atoms with Crippen LogP contribution in [0.5, 0.6) is 0 Å². The third kappa shape index (κ3) is 2.04. The molecule has 2 aliphatic heterocycles. The third-order valence-corrected chi connectivity index (χ3v) is 2.67. The Bertz CT molecular complexity index is 366. The fourth-order valence-electron chi connectivity index (χ4n) is 1.83. The summed E-state index contributed by atoms with van der Waals surface area (Å²) in [4.78, 5) is 22.1. The zero-order valence-electron chi connectivity index (χ0n) is 9.10. The predicted molar refractivity (Wildman–Crippen MR) is 60.6 cm³/mol. The van der Waals surface area contributed by atoms with E-state index in [4.69, 9.17) is 0 Å². The summed E-state index contributed by atoms with van der Waals surface area (Å²) in [5.74, 6) is 0.0311. The molecule has 0 N–H and O–H groups in total. The molecule has 2 aliphatic rings. The minimum Gasteiger partial charge on any atom is -0.309 e. The van der Waals surface area contributed by atoms with Crippen LogP contribution in [0, 0.1) is 0 Å². The molecular formula is C11H15N3O. The molecule has 15 heavy (non-hydrogen) atoms. The molecule has 0 amide bonds. The largest absolute Gasteiger partial charge is 0.309 e. The molecule has 1 unspecified atom stereocenters. The van der Waals surface area contributed by atoms with Crippen molar-refractivity contribution in [3.05, 3.63) is 11.3 Å². The fraction of sp³-hybridized carbons (Fsp3) is 0.545. The highest BCUT2D eigenvalue weighted by Crippen LogP contribution is 2.26. The number of rotatable bonds is 3. The number of dihydropyridines is 1. The first-order valence-electron chi connectivity index (χ1n) is 5.16. The average Bonchev–Trinajstić information content (AvgIpc) is 2.66. The molecule has 0 spiro atoms. The Morgan fingerprint density at radius 3 is 3.07 bits per heavy atom. The molecule has 0 aromatic heterocycles. The van der Waals surface area contributed by atoms with Gasteiger partial charge in [-0.2, -0.15) is 0 Å². The molecule has 4 nitrogen and oxygen atoms in total. The van der Waals surface area contributed by atoms with E-state index >= 15 is 0 Å². The van der Waals surface area contributed by atoms with Gasteiger partial charge in [0.2, 0.25) is 5.78 Å². The summed E-state index contributed by atoms with van der Waals surface area (Å²) in [5, 5.41) is 0. The Balaban J connectivity index is 2.09. The Labute approximate surface area is 89.4 Å². The maximum Gasteiger partial charge on any atom is 0.201 e. The van der Waals surface area contributed by atoms with Crippen molar-refractivity contribution in [2.45, 2.75) is 18.9 Å². The highest BCUT2D eigenvalue weighted by atomic mass is 16.1. The molecule has 0 aromatic carbocycles. The van der Waals surface area contributed by atoms with Crippen LogP contribution in [0.1, 0.15) is 12.8 Å². The van der Waals surface area contributed by atoms with Gasteiger partial charge in [0.1, 0.15) is 0 Å². The Hall–Kier alpha value is -1.29. The van der Waals surface area contributed by atoms with Crippen molar-refractivity contribution in [2.75, 3.05) is 20.6 Å². The summed E-state index contributed by atoms with van der Waals surface area (Å²) in [6, 6.07) is 0.0823. The van der Waals surface area contributed by atoms with E-state index in [0.717, 1.165) is 24.2 Å². The van der Waals surface area contributed by atoms with Crippen molar-refractivity contribution in [1.82, 2.24) is 4.90 Å². The van der Waals surface area contributed by atoms with E-state index in [9.17, 15) is 4.79 Å². The zero-order valence-corrected chi connectivity index (χ0v) is 9.10. The van der Waals surface area contributed by atoms with Gasteiger partial charge in [-0.25, -0.2) is 0 Å². The van der Waals surface area contributed by atoms with Crippen LogP contribution in [-0.2, 0) is 4.79 Å². The first-order chi connectivity index (χ1) is 7.18. The van der Waals surface area contributed by atoms with Crippen molar-refractivity contribution >= 4 is 18.2 Å². The molecule has 0 saturated carbocycles. The number of hydrogen-bond acceptors (Lipinski definition) is 4. The standard InChI is InChI=1S/C11H15N3O/c1-14(2)6-4-9-11-8(3-5-12-11)10(15)7-13-9/h5,7,9H,3-4,6H2,1-2H3. The Morgan fingerprint density at radius 2 is 2.33 bits per heavy atom. The van der Waals surface area contributed by atoms with E-state index < -0.39 is 0 Å². The van der Waals surface area contributed by atoms with Gasteiger partial charge >= 0.3 is 0 Å². The summed E-state index contributed by atoms with van der Waals surface area (Å²) in [6.45, 7) is 0.961. The lowest BCUT2D eigenvalue weighted by molar-refractivity contribution is -0.109. The van der Waals surface area contributed by atoms with Crippen molar-refractivity contribution in [3.8, 4) is 0 Å². The minimum atomic E-state index is 0.0311. The summed E-state index contributed by atoms with van der Waals surface area (Å²) in [5.41, 5.74) is 1.73.